The molecule has 3 nitrogen and oxygen atoms in total. The van der Waals surface area contributed by atoms with Crippen LogP contribution >= 0.6 is 0 Å². The highest BCUT2D eigenvalue weighted by atomic mass is 16.3. The summed E-state index contributed by atoms with van der Waals surface area (Å²) in [5.74, 6) is -0.171. The Balaban J connectivity index is 2.35. The quantitative estimate of drug-likeness (QED) is 0.680. The molecule has 0 amide bonds. The van der Waals surface area contributed by atoms with Crippen LogP contribution in [0, 0.1) is 0 Å². The lowest BCUT2D eigenvalue weighted by atomic mass is 10.1. The van der Waals surface area contributed by atoms with Crippen LogP contribution in [-0.2, 0) is 0 Å². The zero-order chi connectivity index (χ0) is 14.3. The van der Waals surface area contributed by atoms with E-state index in [1.807, 2.05) is 24.3 Å². The van der Waals surface area contributed by atoms with E-state index < -0.39 is 0 Å². The van der Waals surface area contributed by atoms with Crippen LogP contribution in [0.1, 0.15) is 19.9 Å². The molecule has 0 radical (unpaired) electrons. The largest absolute Gasteiger partial charge is 0.504 e. The minimum absolute atomic E-state index is 0.0852. The van der Waals surface area contributed by atoms with Crippen molar-refractivity contribution in [2.75, 3.05) is 0 Å². The number of rotatable bonds is 2. The first-order valence-corrected chi connectivity index (χ1v) is 6.70. The van der Waals surface area contributed by atoms with Gasteiger partial charge in [-0.25, -0.2) is 0 Å². The summed E-state index contributed by atoms with van der Waals surface area (Å²) in [6.45, 7) is 4.21. The lowest BCUT2D eigenvalue weighted by molar-refractivity contribution is 0.404. The second kappa shape index (κ2) is 4.60. The van der Waals surface area contributed by atoms with Crippen LogP contribution < -0.4 is 0 Å². The Morgan fingerprint density at radius 3 is 2.20 bits per heavy atom. The van der Waals surface area contributed by atoms with E-state index >= 15 is 0 Å². The van der Waals surface area contributed by atoms with Gasteiger partial charge in [0.2, 0.25) is 0 Å². The molecule has 0 aliphatic carbocycles. The molecule has 20 heavy (non-hydrogen) atoms. The standard InChI is InChI=1S/C17H17NO2/c1-11(2)18-14(12-6-4-3-5-7-12)8-13-9-16(19)17(20)10-15(13)18/h3-11,19-20H,1-2H3. The second-order valence-electron chi connectivity index (χ2n) is 5.26. The highest BCUT2D eigenvalue weighted by molar-refractivity contribution is 5.89. The number of aromatic hydroxyl groups is 2. The predicted octanol–water partition coefficient (Wildman–Crippen LogP) is 4.30. The first kappa shape index (κ1) is 12.6. The maximum atomic E-state index is 9.74. The SMILES string of the molecule is CC(C)n1c(-c2ccccc2)cc2cc(O)c(O)cc21. The van der Waals surface area contributed by atoms with Crippen molar-refractivity contribution in [3.63, 3.8) is 0 Å². The lowest BCUT2D eigenvalue weighted by Gasteiger charge is -2.15. The molecule has 0 spiro atoms. The summed E-state index contributed by atoms with van der Waals surface area (Å²) in [7, 11) is 0. The summed E-state index contributed by atoms with van der Waals surface area (Å²) >= 11 is 0. The van der Waals surface area contributed by atoms with E-state index in [-0.39, 0.29) is 17.5 Å². The number of nitrogens with zero attached hydrogens (tertiary/aromatic N) is 1. The van der Waals surface area contributed by atoms with Crippen LogP contribution in [0.25, 0.3) is 22.2 Å². The Morgan fingerprint density at radius 1 is 0.900 bits per heavy atom. The van der Waals surface area contributed by atoms with E-state index in [0.29, 0.717) is 0 Å². The fraction of sp³-hybridized carbons (Fsp3) is 0.176. The first-order chi connectivity index (χ1) is 9.58. The maximum absolute atomic E-state index is 9.74. The summed E-state index contributed by atoms with van der Waals surface area (Å²) in [5.41, 5.74) is 3.13. The average Bonchev–Trinajstić information content (AvgIpc) is 2.79. The van der Waals surface area contributed by atoms with Crippen molar-refractivity contribution in [3.05, 3.63) is 48.5 Å². The molecular formula is C17H17NO2. The monoisotopic (exact) mass is 267 g/mol. The number of phenols is 2. The van der Waals surface area contributed by atoms with Crippen LogP contribution in [0.15, 0.2) is 48.5 Å². The highest BCUT2D eigenvalue weighted by Crippen LogP contribution is 2.36. The van der Waals surface area contributed by atoms with E-state index in [9.17, 15) is 10.2 Å². The molecule has 0 fully saturated rings. The molecule has 2 N–H and O–H groups in total. The summed E-state index contributed by atoms with van der Waals surface area (Å²) in [4.78, 5) is 0. The molecule has 0 saturated carbocycles. The minimum Gasteiger partial charge on any atom is -0.504 e. The number of fused-ring (bicyclic) bond motifs is 1. The van der Waals surface area contributed by atoms with Crippen LogP contribution in [0.4, 0.5) is 0 Å². The van der Waals surface area contributed by atoms with Crippen molar-refractivity contribution in [3.8, 4) is 22.8 Å². The van der Waals surface area contributed by atoms with E-state index in [2.05, 4.69) is 30.5 Å². The molecular weight excluding hydrogens is 250 g/mol. The van der Waals surface area contributed by atoms with Gasteiger partial charge in [-0.3, -0.25) is 0 Å². The third-order valence-corrected chi connectivity index (χ3v) is 3.52. The van der Waals surface area contributed by atoms with E-state index in [1.54, 1.807) is 12.1 Å². The van der Waals surface area contributed by atoms with E-state index in [1.165, 1.54) is 0 Å². The molecule has 0 saturated heterocycles. The topological polar surface area (TPSA) is 45.4 Å². The number of hydrogen-bond donors (Lipinski definition) is 2. The molecule has 0 aliphatic rings. The van der Waals surface area contributed by atoms with Gasteiger partial charge in [-0.1, -0.05) is 30.3 Å². The Bertz CT molecular complexity index is 758. The van der Waals surface area contributed by atoms with Crippen molar-refractivity contribution < 1.29 is 10.2 Å². The van der Waals surface area contributed by atoms with Crippen LogP contribution in [0.5, 0.6) is 11.5 Å². The van der Waals surface area contributed by atoms with Crippen molar-refractivity contribution in [2.24, 2.45) is 0 Å². The van der Waals surface area contributed by atoms with Gasteiger partial charge in [-0.2, -0.15) is 0 Å². The zero-order valence-corrected chi connectivity index (χ0v) is 11.5. The summed E-state index contributed by atoms with van der Waals surface area (Å²) < 4.78 is 2.17. The average molecular weight is 267 g/mol. The maximum Gasteiger partial charge on any atom is 0.159 e. The zero-order valence-electron chi connectivity index (χ0n) is 11.5. The molecule has 0 bridgehead atoms. The number of aromatic nitrogens is 1. The lowest BCUT2D eigenvalue weighted by Crippen LogP contribution is -2.02. The Kier molecular flexibility index (Phi) is 2.90. The summed E-state index contributed by atoms with van der Waals surface area (Å²) in [5, 5.41) is 20.3. The van der Waals surface area contributed by atoms with Gasteiger partial charge in [-0.05, 0) is 31.5 Å². The van der Waals surface area contributed by atoms with Gasteiger partial charge in [0.15, 0.2) is 11.5 Å². The van der Waals surface area contributed by atoms with Crippen molar-refractivity contribution in [1.82, 2.24) is 4.57 Å². The molecule has 3 aromatic rings. The van der Waals surface area contributed by atoms with Gasteiger partial charge in [0.25, 0.3) is 0 Å². The molecule has 102 valence electrons. The predicted molar refractivity (Wildman–Crippen MR) is 81.1 cm³/mol. The normalized spacial score (nSPS) is 11.3. The van der Waals surface area contributed by atoms with Crippen LogP contribution in [0.2, 0.25) is 0 Å². The van der Waals surface area contributed by atoms with Gasteiger partial charge in [0.1, 0.15) is 0 Å². The molecule has 1 aromatic heterocycles. The fourth-order valence-electron chi connectivity index (χ4n) is 2.64. The molecule has 1 heterocycles. The summed E-state index contributed by atoms with van der Waals surface area (Å²) in [6.07, 6.45) is 0. The molecule has 0 aliphatic heterocycles. The smallest absolute Gasteiger partial charge is 0.159 e. The highest BCUT2D eigenvalue weighted by Gasteiger charge is 2.15. The Morgan fingerprint density at radius 2 is 1.55 bits per heavy atom. The van der Waals surface area contributed by atoms with Crippen molar-refractivity contribution in [1.29, 1.82) is 0 Å². The Labute approximate surface area is 117 Å². The summed E-state index contributed by atoms with van der Waals surface area (Å²) in [6, 6.07) is 15.7. The number of hydrogen-bond acceptors (Lipinski definition) is 2. The fourth-order valence-corrected chi connectivity index (χ4v) is 2.64. The van der Waals surface area contributed by atoms with E-state index in [4.69, 9.17) is 0 Å². The van der Waals surface area contributed by atoms with Crippen molar-refractivity contribution in [2.45, 2.75) is 19.9 Å². The second-order valence-corrected chi connectivity index (χ2v) is 5.26. The molecule has 2 aromatic carbocycles. The van der Waals surface area contributed by atoms with Gasteiger partial charge < -0.3 is 14.8 Å². The van der Waals surface area contributed by atoms with Gasteiger partial charge in [0, 0.05) is 23.2 Å². The minimum atomic E-state index is -0.0860. The molecule has 0 unspecified atom stereocenters. The number of benzene rings is 2. The molecule has 3 heteroatoms. The van der Waals surface area contributed by atoms with Gasteiger partial charge >= 0.3 is 0 Å². The van der Waals surface area contributed by atoms with Gasteiger partial charge in [-0.15, -0.1) is 0 Å². The van der Waals surface area contributed by atoms with Crippen LogP contribution in [-0.4, -0.2) is 14.8 Å². The molecule has 3 rings (SSSR count). The molecule has 0 atom stereocenters. The van der Waals surface area contributed by atoms with E-state index in [0.717, 1.165) is 22.2 Å². The first-order valence-electron chi connectivity index (χ1n) is 6.70. The third-order valence-electron chi connectivity index (χ3n) is 3.52. The third kappa shape index (κ3) is 1.92. The number of phenolic OH excluding ortho intramolecular Hbond substituents is 2. The van der Waals surface area contributed by atoms with Gasteiger partial charge in [0.05, 0.1) is 5.52 Å². The Hall–Kier alpha value is -2.42. The van der Waals surface area contributed by atoms with Crippen LogP contribution in [0.3, 0.4) is 0 Å². The van der Waals surface area contributed by atoms with Crippen molar-refractivity contribution >= 4 is 10.9 Å².